The standard InChI is InChI=1S/C18H20N2O5S/c1-9-13(18(23)24-4)10(2)20-14(9)15(21)11(3)25-17(22)12-7-6-8-19-16(12)26-5/h6-8,11,20H,1-5H3/t11-/m1/s1. The lowest BCUT2D eigenvalue weighted by atomic mass is 10.1. The zero-order valence-corrected chi connectivity index (χ0v) is 16.0. The van der Waals surface area contributed by atoms with Crippen molar-refractivity contribution in [2.24, 2.45) is 0 Å². The lowest BCUT2D eigenvalue weighted by Gasteiger charge is -2.13. The highest BCUT2D eigenvalue weighted by atomic mass is 32.2. The van der Waals surface area contributed by atoms with E-state index in [0.717, 1.165) is 0 Å². The van der Waals surface area contributed by atoms with Gasteiger partial charge in [-0.1, -0.05) is 0 Å². The average molecular weight is 376 g/mol. The van der Waals surface area contributed by atoms with Crippen LogP contribution in [-0.4, -0.2) is 47.2 Å². The van der Waals surface area contributed by atoms with Crippen LogP contribution in [0.25, 0.3) is 0 Å². The summed E-state index contributed by atoms with van der Waals surface area (Å²) >= 11 is 1.31. The lowest BCUT2D eigenvalue weighted by Crippen LogP contribution is -2.25. The molecular weight excluding hydrogens is 356 g/mol. The van der Waals surface area contributed by atoms with Crippen LogP contribution in [0.1, 0.15) is 49.4 Å². The molecule has 0 amide bonds. The SMILES string of the molecule is COC(=O)c1c(C)[nH]c(C(=O)[C@@H](C)OC(=O)c2cccnc2SC)c1C. The normalized spacial score (nSPS) is 11.7. The summed E-state index contributed by atoms with van der Waals surface area (Å²) in [7, 11) is 1.28. The number of ketones is 1. The minimum atomic E-state index is -1.03. The van der Waals surface area contributed by atoms with Crippen LogP contribution in [0.5, 0.6) is 0 Å². The van der Waals surface area contributed by atoms with Crippen LogP contribution >= 0.6 is 11.8 Å². The van der Waals surface area contributed by atoms with Crippen LogP contribution in [0.3, 0.4) is 0 Å². The van der Waals surface area contributed by atoms with E-state index in [0.29, 0.717) is 27.4 Å². The van der Waals surface area contributed by atoms with Crippen LogP contribution in [0.15, 0.2) is 23.4 Å². The van der Waals surface area contributed by atoms with Gasteiger partial charge in [-0.05, 0) is 44.7 Å². The molecule has 0 bridgehead atoms. The fraction of sp³-hybridized carbons (Fsp3) is 0.333. The van der Waals surface area contributed by atoms with Gasteiger partial charge in [0.2, 0.25) is 5.78 Å². The molecule has 26 heavy (non-hydrogen) atoms. The van der Waals surface area contributed by atoms with E-state index in [2.05, 4.69) is 9.97 Å². The quantitative estimate of drug-likeness (QED) is 0.470. The van der Waals surface area contributed by atoms with Gasteiger partial charge in [0, 0.05) is 11.9 Å². The summed E-state index contributed by atoms with van der Waals surface area (Å²) in [5, 5.41) is 0.525. The van der Waals surface area contributed by atoms with Gasteiger partial charge in [-0.3, -0.25) is 4.79 Å². The summed E-state index contributed by atoms with van der Waals surface area (Å²) in [6.07, 6.45) is 2.35. The van der Waals surface area contributed by atoms with Crippen molar-refractivity contribution in [2.75, 3.05) is 13.4 Å². The summed E-state index contributed by atoms with van der Waals surface area (Å²) in [4.78, 5) is 43.9. The highest BCUT2D eigenvalue weighted by Gasteiger charge is 2.28. The van der Waals surface area contributed by atoms with Crippen molar-refractivity contribution < 1.29 is 23.9 Å². The van der Waals surface area contributed by atoms with Gasteiger partial charge in [0.05, 0.1) is 23.9 Å². The summed E-state index contributed by atoms with van der Waals surface area (Å²) < 4.78 is 10.0. The van der Waals surface area contributed by atoms with Crippen molar-refractivity contribution in [3.63, 3.8) is 0 Å². The number of Topliss-reactive ketones (excluding diaryl/α,β-unsaturated/α-hetero) is 1. The maximum Gasteiger partial charge on any atom is 0.341 e. The number of methoxy groups -OCH3 is 1. The molecule has 7 nitrogen and oxygen atoms in total. The number of aryl methyl sites for hydroxylation is 1. The van der Waals surface area contributed by atoms with Gasteiger partial charge in [-0.15, -0.1) is 11.8 Å². The number of rotatable bonds is 6. The number of carbonyl (C=O) groups excluding carboxylic acids is 3. The average Bonchev–Trinajstić information content (AvgIpc) is 2.94. The summed E-state index contributed by atoms with van der Waals surface area (Å²) in [5.41, 5.74) is 1.82. The molecule has 0 unspecified atom stereocenters. The number of pyridine rings is 1. The third-order valence-corrected chi connectivity index (χ3v) is 4.62. The molecule has 138 valence electrons. The second-order valence-corrected chi connectivity index (χ2v) is 6.38. The molecule has 2 heterocycles. The molecule has 2 aromatic rings. The smallest absolute Gasteiger partial charge is 0.341 e. The number of thioether (sulfide) groups is 1. The Kier molecular flexibility index (Phi) is 6.20. The Balaban J connectivity index is 2.23. The Labute approximate surface area is 155 Å². The van der Waals surface area contributed by atoms with Crippen LogP contribution in [0, 0.1) is 13.8 Å². The summed E-state index contributed by atoms with van der Waals surface area (Å²) in [6.45, 7) is 4.81. The maximum atomic E-state index is 12.7. The molecule has 1 atom stereocenters. The molecule has 0 fully saturated rings. The topological polar surface area (TPSA) is 98.4 Å². The lowest BCUT2D eigenvalue weighted by molar-refractivity contribution is 0.0312. The van der Waals surface area contributed by atoms with Crippen LogP contribution in [0.2, 0.25) is 0 Å². The second kappa shape index (κ2) is 8.18. The number of aromatic nitrogens is 2. The number of hydrogen-bond donors (Lipinski definition) is 1. The molecule has 1 N–H and O–H groups in total. The van der Waals surface area contributed by atoms with Crippen molar-refractivity contribution in [1.29, 1.82) is 0 Å². The molecule has 0 saturated heterocycles. The predicted molar refractivity (Wildman–Crippen MR) is 96.8 cm³/mol. The van der Waals surface area contributed by atoms with Crippen molar-refractivity contribution in [2.45, 2.75) is 31.9 Å². The molecule has 2 rings (SSSR count). The molecule has 0 radical (unpaired) electrons. The zero-order valence-electron chi connectivity index (χ0n) is 15.2. The molecule has 8 heteroatoms. The predicted octanol–water partition coefficient (Wildman–Crippen LogP) is 2.96. The number of esters is 2. The molecule has 0 aliphatic rings. The second-order valence-electron chi connectivity index (χ2n) is 5.59. The van der Waals surface area contributed by atoms with E-state index in [1.165, 1.54) is 25.8 Å². The molecule has 0 saturated carbocycles. The molecule has 0 aliphatic heterocycles. The van der Waals surface area contributed by atoms with Crippen molar-refractivity contribution in [3.05, 3.63) is 46.4 Å². The molecule has 2 aromatic heterocycles. The van der Waals surface area contributed by atoms with E-state index < -0.39 is 23.8 Å². The number of hydrogen-bond acceptors (Lipinski definition) is 7. The van der Waals surface area contributed by atoms with Crippen LogP contribution in [0.4, 0.5) is 0 Å². The molecule has 0 aromatic carbocycles. The van der Waals surface area contributed by atoms with E-state index in [4.69, 9.17) is 9.47 Å². The largest absolute Gasteiger partial charge is 0.465 e. The molecule has 0 spiro atoms. The van der Waals surface area contributed by atoms with Crippen molar-refractivity contribution >= 4 is 29.5 Å². The number of nitrogens with zero attached hydrogens (tertiary/aromatic N) is 1. The Morgan fingerprint density at radius 2 is 1.92 bits per heavy atom. The fourth-order valence-corrected chi connectivity index (χ4v) is 3.13. The number of carbonyl (C=O) groups is 3. The van der Waals surface area contributed by atoms with Crippen LogP contribution in [-0.2, 0) is 9.47 Å². The van der Waals surface area contributed by atoms with E-state index in [1.54, 1.807) is 38.4 Å². The van der Waals surface area contributed by atoms with Gasteiger partial charge in [0.15, 0.2) is 6.10 Å². The van der Waals surface area contributed by atoms with E-state index >= 15 is 0 Å². The molecule has 0 aliphatic carbocycles. The zero-order chi connectivity index (χ0) is 19.4. The number of H-pyrrole nitrogens is 1. The minimum Gasteiger partial charge on any atom is -0.465 e. The first kappa shape index (κ1) is 19.7. The monoisotopic (exact) mass is 376 g/mol. The van der Waals surface area contributed by atoms with E-state index in [-0.39, 0.29) is 5.69 Å². The Morgan fingerprint density at radius 3 is 2.54 bits per heavy atom. The van der Waals surface area contributed by atoms with Gasteiger partial charge in [-0.25, -0.2) is 14.6 Å². The first-order chi connectivity index (χ1) is 12.3. The number of ether oxygens (including phenoxy) is 2. The maximum absolute atomic E-state index is 12.7. The third kappa shape index (κ3) is 3.80. The Bertz CT molecular complexity index is 859. The van der Waals surface area contributed by atoms with E-state index in [9.17, 15) is 14.4 Å². The van der Waals surface area contributed by atoms with Gasteiger partial charge >= 0.3 is 11.9 Å². The Morgan fingerprint density at radius 1 is 1.23 bits per heavy atom. The Hall–Kier alpha value is -2.61. The van der Waals surface area contributed by atoms with Gasteiger partial charge in [-0.2, -0.15) is 0 Å². The summed E-state index contributed by atoms with van der Waals surface area (Å²) in [5.74, 6) is -1.58. The van der Waals surface area contributed by atoms with Gasteiger partial charge in [0.25, 0.3) is 0 Å². The van der Waals surface area contributed by atoms with Gasteiger partial charge in [0.1, 0.15) is 5.03 Å². The van der Waals surface area contributed by atoms with Gasteiger partial charge < -0.3 is 14.5 Å². The highest BCUT2D eigenvalue weighted by molar-refractivity contribution is 7.98. The summed E-state index contributed by atoms with van der Waals surface area (Å²) in [6, 6.07) is 3.22. The van der Waals surface area contributed by atoms with Crippen molar-refractivity contribution in [1.82, 2.24) is 9.97 Å². The fourth-order valence-electron chi connectivity index (χ4n) is 2.59. The van der Waals surface area contributed by atoms with E-state index in [1.807, 2.05) is 0 Å². The van der Waals surface area contributed by atoms with Crippen LogP contribution < -0.4 is 0 Å². The number of aromatic amines is 1. The van der Waals surface area contributed by atoms with Crippen molar-refractivity contribution in [3.8, 4) is 0 Å². The number of nitrogens with one attached hydrogen (secondary N) is 1. The minimum absolute atomic E-state index is 0.222. The first-order valence-corrected chi connectivity index (χ1v) is 9.05. The third-order valence-electron chi connectivity index (χ3n) is 3.91. The first-order valence-electron chi connectivity index (χ1n) is 7.83. The highest BCUT2D eigenvalue weighted by Crippen LogP contribution is 2.22. The molecular formula is C18H20N2O5S.